The molecule has 1 saturated carbocycles. The van der Waals surface area contributed by atoms with Gasteiger partial charge < -0.3 is 4.74 Å². The molecule has 50 heavy (non-hydrogen) atoms. The molecule has 266 valence electrons. The van der Waals surface area contributed by atoms with Gasteiger partial charge in [0, 0.05) is 35.7 Å². The minimum Gasteiger partial charge on any atom is -0.429 e. The molecule has 4 aromatic rings. The SMILES string of the molecule is CCCCCC1CCC(c2cnc(-c3cc(F)c(C=CCCc4cc(F)c(C(F)(F)Oc5cc(F)c(F)c(F)c5)c(F)c4)c(F)c3)nc2)CC1. The molecule has 0 amide bonds. The molecule has 1 aliphatic rings. The van der Waals surface area contributed by atoms with Crippen LogP contribution in [0.25, 0.3) is 17.5 Å². The molecule has 0 radical (unpaired) electrons. The van der Waals surface area contributed by atoms with E-state index in [2.05, 4.69) is 21.6 Å². The molecule has 1 fully saturated rings. The van der Waals surface area contributed by atoms with Gasteiger partial charge in [-0.05, 0) is 85.8 Å². The Bertz CT molecular complexity index is 1750. The summed E-state index contributed by atoms with van der Waals surface area (Å²) in [5.74, 6) is -10.7. The number of hydrogen-bond donors (Lipinski definition) is 0. The van der Waals surface area contributed by atoms with Gasteiger partial charge in [-0.1, -0.05) is 44.8 Å². The van der Waals surface area contributed by atoms with Gasteiger partial charge in [-0.2, -0.15) is 8.78 Å². The van der Waals surface area contributed by atoms with Crippen molar-refractivity contribution in [2.45, 2.75) is 83.2 Å². The molecule has 0 unspecified atom stereocenters. The number of ether oxygens (including phenoxy) is 1. The predicted octanol–water partition coefficient (Wildman–Crippen LogP) is 11.7. The maximum Gasteiger partial charge on any atom is 0.432 e. The van der Waals surface area contributed by atoms with E-state index >= 15 is 0 Å². The van der Waals surface area contributed by atoms with E-state index < -0.39 is 58.1 Å². The van der Waals surface area contributed by atoms with Crippen LogP contribution in [0, 0.1) is 46.6 Å². The second kappa shape index (κ2) is 16.1. The lowest BCUT2D eigenvalue weighted by atomic mass is 9.77. The fourth-order valence-electron chi connectivity index (χ4n) is 6.33. The number of allylic oxidation sites excluding steroid dienone is 1. The largest absolute Gasteiger partial charge is 0.432 e. The van der Waals surface area contributed by atoms with Crippen LogP contribution in [0.3, 0.4) is 0 Å². The third-order valence-electron chi connectivity index (χ3n) is 9.02. The molecule has 0 N–H and O–H groups in total. The van der Waals surface area contributed by atoms with E-state index in [1.165, 1.54) is 44.6 Å². The van der Waals surface area contributed by atoms with Gasteiger partial charge in [0.2, 0.25) is 0 Å². The van der Waals surface area contributed by atoms with Crippen molar-refractivity contribution in [1.29, 1.82) is 0 Å². The number of alkyl halides is 2. The number of unbranched alkanes of at least 4 members (excludes halogenated alkanes) is 2. The minimum atomic E-state index is -4.72. The number of benzene rings is 3. The van der Waals surface area contributed by atoms with E-state index in [0.29, 0.717) is 18.1 Å². The lowest BCUT2D eigenvalue weighted by Crippen LogP contribution is -2.25. The number of aryl methyl sites for hydroxylation is 1. The van der Waals surface area contributed by atoms with Gasteiger partial charge >= 0.3 is 6.11 Å². The zero-order valence-corrected chi connectivity index (χ0v) is 27.2. The summed E-state index contributed by atoms with van der Waals surface area (Å²) in [4.78, 5) is 8.74. The highest BCUT2D eigenvalue weighted by Gasteiger charge is 2.41. The quantitative estimate of drug-likeness (QED) is 0.0789. The Morgan fingerprint density at radius 1 is 0.760 bits per heavy atom. The van der Waals surface area contributed by atoms with Crippen molar-refractivity contribution in [3.05, 3.63) is 118 Å². The Kier molecular flexibility index (Phi) is 11.9. The Morgan fingerprint density at radius 3 is 1.94 bits per heavy atom. The van der Waals surface area contributed by atoms with Crippen LogP contribution in [0.2, 0.25) is 0 Å². The second-order valence-corrected chi connectivity index (χ2v) is 12.6. The van der Waals surface area contributed by atoms with Crippen molar-refractivity contribution < 1.29 is 44.3 Å². The van der Waals surface area contributed by atoms with Crippen molar-refractivity contribution in [3.8, 4) is 17.1 Å². The van der Waals surface area contributed by atoms with Gasteiger partial charge in [0.05, 0.1) is 0 Å². The van der Waals surface area contributed by atoms with Crippen molar-refractivity contribution >= 4 is 6.08 Å². The van der Waals surface area contributed by atoms with Crippen LogP contribution in [-0.4, -0.2) is 9.97 Å². The molecule has 3 aromatic carbocycles. The molecule has 0 saturated heterocycles. The van der Waals surface area contributed by atoms with Gasteiger partial charge in [0.25, 0.3) is 0 Å². The van der Waals surface area contributed by atoms with Crippen molar-refractivity contribution in [3.63, 3.8) is 0 Å². The monoisotopic (exact) mass is 706 g/mol. The van der Waals surface area contributed by atoms with E-state index in [0.717, 1.165) is 42.5 Å². The molecular weight excluding hydrogens is 671 g/mol. The first-order valence-electron chi connectivity index (χ1n) is 16.5. The van der Waals surface area contributed by atoms with Gasteiger partial charge in [-0.25, -0.2) is 40.7 Å². The summed E-state index contributed by atoms with van der Waals surface area (Å²) in [6, 6.07) is 3.65. The molecule has 0 bridgehead atoms. The Balaban J connectivity index is 1.18. The number of rotatable bonds is 13. The standard InChI is InChI=1S/C38H35F9N2O/c1-2-3-4-7-22-10-12-24(13-11-22)26-20-48-37(49-21-26)25-16-29(39)28(30(40)17-25)9-6-5-8-23-14-31(41)35(32(42)15-23)38(46,47)50-27-18-33(43)36(45)34(44)19-27/h6,9,14-22,24H,2-5,7-8,10-13H2,1H3. The highest BCUT2D eigenvalue weighted by Crippen LogP contribution is 2.38. The minimum absolute atomic E-state index is 0.0190. The summed E-state index contributed by atoms with van der Waals surface area (Å²) in [7, 11) is 0. The van der Waals surface area contributed by atoms with Crippen molar-refractivity contribution in [2.75, 3.05) is 0 Å². The Labute approximate surface area is 284 Å². The molecule has 0 spiro atoms. The summed E-state index contributed by atoms with van der Waals surface area (Å²) in [6.07, 6.45) is 10.6. The molecule has 0 aliphatic heterocycles. The lowest BCUT2D eigenvalue weighted by molar-refractivity contribution is -0.189. The maximum atomic E-state index is 15.0. The molecule has 5 rings (SSSR count). The summed E-state index contributed by atoms with van der Waals surface area (Å²) in [5.41, 5.74) is -1.09. The van der Waals surface area contributed by atoms with Crippen LogP contribution in [0.1, 0.15) is 92.9 Å². The smallest absolute Gasteiger partial charge is 0.429 e. The number of hydrogen-bond acceptors (Lipinski definition) is 3. The highest BCUT2D eigenvalue weighted by atomic mass is 19.3. The molecular formula is C38H35F9N2O. The van der Waals surface area contributed by atoms with Crippen molar-refractivity contribution in [2.24, 2.45) is 5.92 Å². The lowest BCUT2D eigenvalue weighted by Gasteiger charge is -2.28. The first-order chi connectivity index (χ1) is 23.9. The second-order valence-electron chi connectivity index (χ2n) is 12.6. The summed E-state index contributed by atoms with van der Waals surface area (Å²) in [5, 5.41) is 0. The van der Waals surface area contributed by atoms with E-state index in [9.17, 15) is 39.5 Å². The number of aromatic nitrogens is 2. The first kappa shape index (κ1) is 36.9. The van der Waals surface area contributed by atoms with E-state index in [1.54, 1.807) is 12.4 Å². The first-order valence-corrected chi connectivity index (χ1v) is 16.5. The van der Waals surface area contributed by atoms with Crippen LogP contribution in [0.15, 0.2) is 54.9 Å². The number of halogens is 9. The normalized spacial score (nSPS) is 16.7. The van der Waals surface area contributed by atoms with Crippen LogP contribution in [0.5, 0.6) is 5.75 Å². The zero-order valence-electron chi connectivity index (χ0n) is 27.2. The molecule has 3 nitrogen and oxygen atoms in total. The van der Waals surface area contributed by atoms with Gasteiger partial charge in [-0.15, -0.1) is 0 Å². The zero-order chi connectivity index (χ0) is 36.0. The van der Waals surface area contributed by atoms with Crippen LogP contribution in [0.4, 0.5) is 39.5 Å². The highest BCUT2D eigenvalue weighted by molar-refractivity contribution is 5.61. The van der Waals surface area contributed by atoms with Gasteiger partial charge in [0.1, 0.15) is 34.6 Å². The molecule has 1 aromatic heterocycles. The van der Waals surface area contributed by atoms with E-state index in [1.807, 2.05) is 0 Å². The molecule has 12 heteroatoms. The van der Waals surface area contributed by atoms with Crippen molar-refractivity contribution in [1.82, 2.24) is 9.97 Å². The van der Waals surface area contributed by atoms with E-state index in [4.69, 9.17) is 0 Å². The summed E-state index contributed by atoms with van der Waals surface area (Å²) in [6.45, 7) is 2.20. The summed E-state index contributed by atoms with van der Waals surface area (Å²) >= 11 is 0. The van der Waals surface area contributed by atoms with Crippen LogP contribution >= 0.6 is 0 Å². The summed E-state index contributed by atoms with van der Waals surface area (Å²) < 4.78 is 132. The molecule has 0 atom stereocenters. The Hall–Kier alpha value is -4.35. The number of nitrogens with zero attached hydrogens (tertiary/aromatic N) is 2. The van der Waals surface area contributed by atoms with Crippen LogP contribution in [-0.2, 0) is 12.5 Å². The van der Waals surface area contributed by atoms with Crippen LogP contribution < -0.4 is 4.74 Å². The third-order valence-corrected chi connectivity index (χ3v) is 9.02. The fraction of sp³-hybridized carbons (Fsp3) is 0.368. The maximum absolute atomic E-state index is 15.0. The van der Waals surface area contributed by atoms with Gasteiger partial charge in [-0.3, -0.25) is 0 Å². The average Bonchev–Trinajstić information content (AvgIpc) is 3.06. The fourth-order valence-corrected chi connectivity index (χ4v) is 6.33. The average molecular weight is 707 g/mol. The predicted molar refractivity (Wildman–Crippen MR) is 171 cm³/mol. The Morgan fingerprint density at radius 2 is 1.36 bits per heavy atom. The topological polar surface area (TPSA) is 35.0 Å². The third kappa shape index (κ3) is 8.86. The van der Waals surface area contributed by atoms with Gasteiger partial charge in [0.15, 0.2) is 23.3 Å². The molecule has 1 aliphatic carbocycles. The molecule has 1 heterocycles. The van der Waals surface area contributed by atoms with E-state index in [-0.39, 0.29) is 47.5 Å².